The van der Waals surface area contributed by atoms with Gasteiger partial charge in [-0.05, 0) is 52.9 Å². The van der Waals surface area contributed by atoms with Gasteiger partial charge in [-0.2, -0.15) is 5.10 Å². The molecule has 5 rings (SSSR count). The van der Waals surface area contributed by atoms with Crippen molar-refractivity contribution < 1.29 is 23.8 Å². The number of carboxylic acid groups (broad SMARTS) is 1. The number of aromatic hydroxyl groups is 1. The Kier molecular flexibility index (Phi) is 5.24. The number of hydrogen-bond donors (Lipinski definition) is 2. The molecule has 0 radical (unpaired) electrons. The largest absolute Gasteiger partial charge is 0.507 e. The summed E-state index contributed by atoms with van der Waals surface area (Å²) in [6.45, 7) is 6.62. The maximum atomic E-state index is 14.3. The first kappa shape index (κ1) is 22.8. The van der Waals surface area contributed by atoms with Gasteiger partial charge in [0.2, 0.25) is 0 Å². The van der Waals surface area contributed by atoms with Gasteiger partial charge < -0.3 is 10.2 Å². The van der Waals surface area contributed by atoms with E-state index in [9.17, 15) is 23.8 Å². The van der Waals surface area contributed by atoms with Gasteiger partial charge >= 0.3 is 5.97 Å². The number of benzene rings is 3. The third-order valence-corrected chi connectivity index (χ3v) is 6.59. The van der Waals surface area contributed by atoms with Crippen LogP contribution in [0.15, 0.2) is 60.7 Å². The number of hydrogen-bond acceptors (Lipinski definition) is 3. The summed E-state index contributed by atoms with van der Waals surface area (Å²) in [5.74, 6) is -2.56. The molecule has 0 bridgehead atoms. The van der Waals surface area contributed by atoms with Crippen LogP contribution in [0.25, 0.3) is 33.6 Å². The van der Waals surface area contributed by atoms with E-state index in [1.54, 1.807) is 28.9 Å². The molecule has 35 heavy (non-hydrogen) atoms. The normalized spacial score (nSPS) is 14.9. The van der Waals surface area contributed by atoms with Crippen LogP contribution in [-0.2, 0) is 6.54 Å². The minimum absolute atomic E-state index is 0.121. The molecule has 0 aliphatic carbocycles. The number of nitrogens with zero attached hydrogens (tertiary/aromatic N) is 2. The summed E-state index contributed by atoms with van der Waals surface area (Å²) < 4.78 is 30.3. The quantitative estimate of drug-likeness (QED) is 0.346. The van der Waals surface area contributed by atoms with Crippen molar-refractivity contribution in [1.29, 1.82) is 0 Å². The molecule has 4 aromatic rings. The molecule has 7 heteroatoms. The highest BCUT2D eigenvalue weighted by molar-refractivity contribution is 5.96. The second kappa shape index (κ2) is 8.05. The zero-order chi connectivity index (χ0) is 25.1. The second-order valence-electron chi connectivity index (χ2n) is 9.96. The van der Waals surface area contributed by atoms with Crippen molar-refractivity contribution in [2.24, 2.45) is 5.41 Å². The van der Waals surface area contributed by atoms with Gasteiger partial charge in [0.1, 0.15) is 28.6 Å². The summed E-state index contributed by atoms with van der Waals surface area (Å²) in [5, 5.41) is 25.1. The molecule has 1 aliphatic rings. The molecule has 3 aromatic carbocycles. The van der Waals surface area contributed by atoms with Gasteiger partial charge in [-0.3, -0.25) is 4.68 Å². The summed E-state index contributed by atoms with van der Waals surface area (Å²) in [6, 6.07) is 15.1. The third-order valence-electron chi connectivity index (χ3n) is 6.59. The predicted octanol–water partition coefficient (Wildman–Crippen LogP) is 6.71. The van der Waals surface area contributed by atoms with Gasteiger partial charge in [0.05, 0.1) is 5.69 Å². The fourth-order valence-corrected chi connectivity index (χ4v) is 4.90. The van der Waals surface area contributed by atoms with Crippen LogP contribution >= 0.6 is 0 Å². The molecule has 1 aliphatic heterocycles. The van der Waals surface area contributed by atoms with Gasteiger partial charge in [0.25, 0.3) is 0 Å². The Morgan fingerprint density at radius 1 is 1.00 bits per heavy atom. The van der Waals surface area contributed by atoms with Crippen molar-refractivity contribution >= 4 is 5.97 Å². The summed E-state index contributed by atoms with van der Waals surface area (Å²) in [4.78, 5) is 11.8. The number of carbonyl (C=O) groups is 1. The second-order valence-corrected chi connectivity index (χ2v) is 9.96. The number of carboxylic acids is 1. The van der Waals surface area contributed by atoms with E-state index in [0.29, 0.717) is 40.2 Å². The zero-order valence-electron chi connectivity index (χ0n) is 19.5. The summed E-state index contributed by atoms with van der Waals surface area (Å²) in [7, 11) is 0. The molecule has 1 atom stereocenters. The maximum absolute atomic E-state index is 14.3. The number of phenols is 1. The molecule has 5 nitrogen and oxygen atoms in total. The van der Waals surface area contributed by atoms with Gasteiger partial charge in [-0.25, -0.2) is 13.6 Å². The van der Waals surface area contributed by atoms with E-state index in [0.717, 1.165) is 5.56 Å². The Bertz CT molecular complexity index is 1480. The third kappa shape index (κ3) is 3.87. The Labute approximate surface area is 201 Å². The topological polar surface area (TPSA) is 75.3 Å². The fraction of sp³-hybridized carbons (Fsp3) is 0.214. The number of aromatic carboxylic acids is 1. The molecule has 0 fully saturated rings. The van der Waals surface area contributed by atoms with Crippen molar-refractivity contribution in [3.8, 4) is 39.4 Å². The minimum Gasteiger partial charge on any atom is -0.507 e. The van der Waals surface area contributed by atoms with Gasteiger partial charge in [0, 0.05) is 29.2 Å². The van der Waals surface area contributed by atoms with Crippen LogP contribution in [0.5, 0.6) is 5.75 Å². The Morgan fingerprint density at radius 2 is 1.63 bits per heavy atom. The van der Waals surface area contributed by atoms with Crippen LogP contribution in [0.1, 0.15) is 42.6 Å². The molecule has 0 saturated heterocycles. The fourth-order valence-electron chi connectivity index (χ4n) is 4.90. The zero-order valence-corrected chi connectivity index (χ0v) is 19.5. The van der Waals surface area contributed by atoms with E-state index < -0.39 is 17.6 Å². The molecular weight excluding hydrogens is 450 g/mol. The first-order chi connectivity index (χ1) is 16.5. The van der Waals surface area contributed by atoms with Crippen LogP contribution in [0.4, 0.5) is 8.78 Å². The number of rotatable bonds is 3. The number of aromatic nitrogens is 2. The van der Waals surface area contributed by atoms with Crippen LogP contribution in [-0.4, -0.2) is 26.0 Å². The highest BCUT2D eigenvalue weighted by Gasteiger charge is 2.37. The van der Waals surface area contributed by atoms with Crippen LogP contribution in [0.3, 0.4) is 0 Å². The Balaban J connectivity index is 1.88. The van der Waals surface area contributed by atoms with Crippen LogP contribution in [0, 0.1) is 17.0 Å². The molecule has 0 spiro atoms. The van der Waals surface area contributed by atoms with E-state index in [2.05, 4.69) is 20.8 Å². The van der Waals surface area contributed by atoms with Gasteiger partial charge in [-0.1, -0.05) is 45.0 Å². The van der Waals surface area contributed by atoms with Crippen molar-refractivity contribution in [2.75, 3.05) is 0 Å². The van der Waals surface area contributed by atoms with Crippen molar-refractivity contribution in [1.82, 2.24) is 9.78 Å². The number of fused-ring (bicyclic) bond motifs is 3. The van der Waals surface area contributed by atoms with E-state index >= 15 is 0 Å². The molecule has 0 saturated carbocycles. The molecule has 178 valence electrons. The highest BCUT2D eigenvalue weighted by Crippen LogP contribution is 2.51. The monoisotopic (exact) mass is 474 g/mol. The molecule has 1 aromatic heterocycles. The molecule has 2 heterocycles. The Hall–Kier alpha value is -4.00. The van der Waals surface area contributed by atoms with Crippen LogP contribution < -0.4 is 0 Å². The van der Waals surface area contributed by atoms with Crippen molar-refractivity contribution in [2.45, 2.75) is 33.2 Å². The summed E-state index contributed by atoms with van der Waals surface area (Å²) in [5.41, 5.74) is 3.72. The number of halogens is 2. The highest BCUT2D eigenvalue weighted by atomic mass is 19.1. The first-order valence-electron chi connectivity index (χ1n) is 11.3. The molecule has 2 N–H and O–H groups in total. The SMILES string of the molecule is CC(C)(C)[C@@H]1Cn2nc(-c3cccc(F)c3)c(-c3cccc(F)c3)c2-c2cc(O)c(C(=O)O)cc21. The summed E-state index contributed by atoms with van der Waals surface area (Å²) >= 11 is 0. The lowest BCUT2D eigenvalue weighted by atomic mass is 9.72. The lowest BCUT2D eigenvalue weighted by molar-refractivity contribution is 0.0693. The first-order valence-corrected chi connectivity index (χ1v) is 11.3. The van der Waals surface area contributed by atoms with E-state index in [-0.39, 0.29) is 22.6 Å². The molecule has 0 unspecified atom stereocenters. The lowest BCUT2D eigenvalue weighted by Gasteiger charge is -2.36. The smallest absolute Gasteiger partial charge is 0.339 e. The minimum atomic E-state index is -1.22. The van der Waals surface area contributed by atoms with Gasteiger partial charge in [-0.15, -0.1) is 0 Å². The Morgan fingerprint density at radius 3 is 2.23 bits per heavy atom. The van der Waals surface area contributed by atoms with Crippen molar-refractivity contribution in [3.63, 3.8) is 0 Å². The van der Waals surface area contributed by atoms with Crippen LogP contribution in [0.2, 0.25) is 0 Å². The van der Waals surface area contributed by atoms with Gasteiger partial charge in [0.15, 0.2) is 0 Å². The van der Waals surface area contributed by atoms with E-state index in [1.807, 2.05) is 0 Å². The predicted molar refractivity (Wildman–Crippen MR) is 129 cm³/mol. The lowest BCUT2D eigenvalue weighted by Crippen LogP contribution is -2.28. The maximum Gasteiger partial charge on any atom is 0.339 e. The van der Waals surface area contributed by atoms with E-state index in [1.165, 1.54) is 36.4 Å². The van der Waals surface area contributed by atoms with E-state index in [4.69, 9.17) is 5.10 Å². The summed E-state index contributed by atoms with van der Waals surface area (Å²) in [6.07, 6.45) is 0. The molecule has 0 amide bonds. The molecular formula is C28H24F2N2O3. The average Bonchev–Trinajstić information content (AvgIpc) is 3.17. The van der Waals surface area contributed by atoms with Crippen molar-refractivity contribution in [3.05, 3.63) is 83.4 Å². The standard InChI is InChI=1S/C28H24F2N2O3/c1-28(2,3)22-14-32-26(20-13-23(33)21(27(34)35)12-19(20)22)24(15-6-4-8-17(29)10-15)25(31-32)16-7-5-9-18(30)11-16/h4-13,22,33H,14H2,1-3H3,(H,34,35)/t22-/m1/s1. The average molecular weight is 475 g/mol.